The molecule has 1 atom stereocenters. The van der Waals surface area contributed by atoms with E-state index in [1.807, 2.05) is 0 Å². The summed E-state index contributed by atoms with van der Waals surface area (Å²) in [5.74, 6) is 0. The van der Waals surface area contributed by atoms with Crippen LogP contribution < -0.4 is 4.90 Å². The molecule has 1 saturated heterocycles. The minimum Gasteiger partial charge on any atom is -0.368 e. The Morgan fingerprint density at radius 3 is 2.77 bits per heavy atom. The zero-order valence-corrected chi connectivity index (χ0v) is 10.2. The molecule has 1 heterocycles. The maximum Gasteiger partial charge on any atom is 0.0408 e. The molecule has 2 rings (SSSR count). The van der Waals surface area contributed by atoms with Crippen LogP contribution in [0.4, 0.5) is 5.69 Å². The largest absolute Gasteiger partial charge is 0.368 e. The summed E-state index contributed by atoms with van der Waals surface area (Å²) in [6.45, 7) is 5.73. The molecule has 1 unspecified atom stereocenters. The average Bonchev–Trinajstić information content (AvgIpc) is 2.10. The summed E-state index contributed by atoms with van der Waals surface area (Å²) in [5, 5.41) is 0. The van der Waals surface area contributed by atoms with Crippen LogP contribution in [0, 0.1) is 10.5 Å². The monoisotopic (exact) mass is 287 g/mol. The van der Waals surface area contributed by atoms with Gasteiger partial charge in [-0.1, -0.05) is 6.07 Å². The van der Waals surface area contributed by atoms with Crippen molar-refractivity contribution in [3.05, 3.63) is 27.3 Å². The third kappa shape index (κ3) is 1.56. The van der Waals surface area contributed by atoms with Gasteiger partial charge >= 0.3 is 0 Å². The van der Waals surface area contributed by atoms with Gasteiger partial charge in [0.05, 0.1) is 0 Å². The molecular weight excluding hydrogens is 273 g/mol. The van der Waals surface area contributed by atoms with E-state index in [1.165, 1.54) is 27.8 Å². The number of hydrogen-bond donors (Lipinski definition) is 0. The summed E-state index contributed by atoms with van der Waals surface area (Å²) in [6, 6.07) is 7.28. The molecule has 0 saturated carbocycles. The second-order valence-corrected chi connectivity index (χ2v) is 4.88. The fraction of sp³-hybridized carbons (Fsp3) is 0.455. The van der Waals surface area contributed by atoms with Gasteiger partial charge in [0.1, 0.15) is 0 Å². The Hall–Kier alpha value is -0.250. The molecule has 13 heavy (non-hydrogen) atoms. The van der Waals surface area contributed by atoms with Crippen LogP contribution in [0.25, 0.3) is 0 Å². The first-order chi connectivity index (χ1) is 6.20. The molecule has 1 aliphatic heterocycles. The first kappa shape index (κ1) is 9.31. The fourth-order valence-electron chi connectivity index (χ4n) is 1.78. The van der Waals surface area contributed by atoms with Gasteiger partial charge in [-0.3, -0.25) is 0 Å². The predicted molar refractivity (Wildman–Crippen MR) is 65.3 cm³/mol. The van der Waals surface area contributed by atoms with Crippen LogP contribution in [-0.2, 0) is 0 Å². The number of anilines is 1. The summed E-state index contributed by atoms with van der Waals surface area (Å²) in [4.78, 5) is 2.48. The van der Waals surface area contributed by atoms with Gasteiger partial charge in [0.15, 0.2) is 0 Å². The molecule has 0 aliphatic carbocycles. The highest BCUT2D eigenvalue weighted by molar-refractivity contribution is 14.1. The molecule has 1 aromatic carbocycles. The molecule has 2 heteroatoms. The Bertz CT molecular complexity index is 322. The highest BCUT2D eigenvalue weighted by atomic mass is 127. The first-order valence-electron chi connectivity index (χ1n) is 4.72. The summed E-state index contributed by atoms with van der Waals surface area (Å²) < 4.78 is 1.37. The Morgan fingerprint density at radius 1 is 1.46 bits per heavy atom. The third-order valence-electron chi connectivity index (χ3n) is 2.87. The van der Waals surface area contributed by atoms with E-state index in [0.29, 0.717) is 0 Å². The van der Waals surface area contributed by atoms with Gasteiger partial charge < -0.3 is 4.90 Å². The third-order valence-corrected chi connectivity index (χ3v) is 4.04. The Labute approximate surface area is 93.3 Å². The number of benzene rings is 1. The molecule has 0 spiro atoms. The van der Waals surface area contributed by atoms with Gasteiger partial charge in [0.25, 0.3) is 0 Å². The number of halogens is 1. The van der Waals surface area contributed by atoms with Crippen LogP contribution in [0.3, 0.4) is 0 Å². The van der Waals surface area contributed by atoms with E-state index < -0.39 is 0 Å². The second kappa shape index (κ2) is 3.48. The Balaban J connectivity index is 2.34. The normalized spacial score (nSPS) is 21.5. The van der Waals surface area contributed by atoms with Crippen LogP contribution in [0.5, 0.6) is 0 Å². The van der Waals surface area contributed by atoms with E-state index in [4.69, 9.17) is 0 Å². The SMILES string of the molecule is Cc1c(I)cccc1N1CCC1C. The minimum absolute atomic E-state index is 0.733. The number of nitrogens with zero attached hydrogens (tertiary/aromatic N) is 1. The standard InChI is InChI=1S/C11H14IN/c1-8-6-7-13(8)11-5-3-4-10(12)9(11)2/h3-5,8H,6-7H2,1-2H3. The zero-order valence-electron chi connectivity index (χ0n) is 8.05. The molecule has 70 valence electrons. The van der Waals surface area contributed by atoms with E-state index in [1.54, 1.807) is 0 Å². The van der Waals surface area contributed by atoms with Crippen LogP contribution in [-0.4, -0.2) is 12.6 Å². The lowest BCUT2D eigenvalue weighted by Crippen LogP contribution is -2.46. The summed E-state index contributed by atoms with van der Waals surface area (Å²) in [6.07, 6.45) is 1.34. The summed E-state index contributed by atoms with van der Waals surface area (Å²) in [5.41, 5.74) is 2.85. The van der Waals surface area contributed by atoms with Crippen LogP contribution in [0.15, 0.2) is 18.2 Å². The molecule has 0 amide bonds. The molecule has 0 bridgehead atoms. The van der Waals surface area contributed by atoms with Crippen LogP contribution in [0.1, 0.15) is 18.9 Å². The Kier molecular flexibility index (Phi) is 2.49. The van der Waals surface area contributed by atoms with E-state index in [0.717, 1.165) is 6.04 Å². The quantitative estimate of drug-likeness (QED) is 0.717. The van der Waals surface area contributed by atoms with Crippen molar-refractivity contribution in [2.75, 3.05) is 11.4 Å². The van der Waals surface area contributed by atoms with E-state index >= 15 is 0 Å². The smallest absolute Gasteiger partial charge is 0.0408 e. The molecule has 1 aromatic rings. The molecule has 0 radical (unpaired) electrons. The molecule has 1 aliphatic rings. The maximum atomic E-state index is 2.48. The first-order valence-corrected chi connectivity index (χ1v) is 5.80. The van der Waals surface area contributed by atoms with E-state index in [9.17, 15) is 0 Å². The Morgan fingerprint density at radius 2 is 2.23 bits per heavy atom. The van der Waals surface area contributed by atoms with Gasteiger partial charge in [-0.05, 0) is 60.6 Å². The summed E-state index contributed by atoms with van der Waals surface area (Å²) in [7, 11) is 0. The van der Waals surface area contributed by atoms with Crippen molar-refractivity contribution in [3.8, 4) is 0 Å². The molecule has 1 fully saturated rings. The lowest BCUT2D eigenvalue weighted by Gasteiger charge is -2.41. The van der Waals surface area contributed by atoms with Gasteiger partial charge in [-0.25, -0.2) is 0 Å². The highest BCUT2D eigenvalue weighted by Gasteiger charge is 2.24. The molecule has 1 nitrogen and oxygen atoms in total. The summed E-state index contributed by atoms with van der Waals surface area (Å²) >= 11 is 2.40. The maximum absolute atomic E-state index is 2.48. The van der Waals surface area contributed by atoms with Crippen molar-refractivity contribution in [1.82, 2.24) is 0 Å². The predicted octanol–water partition coefficient (Wildman–Crippen LogP) is 3.20. The van der Waals surface area contributed by atoms with E-state index in [-0.39, 0.29) is 0 Å². The van der Waals surface area contributed by atoms with Crippen molar-refractivity contribution in [1.29, 1.82) is 0 Å². The van der Waals surface area contributed by atoms with Crippen molar-refractivity contribution in [2.24, 2.45) is 0 Å². The van der Waals surface area contributed by atoms with Crippen molar-refractivity contribution >= 4 is 28.3 Å². The minimum atomic E-state index is 0.733. The van der Waals surface area contributed by atoms with Crippen molar-refractivity contribution in [3.63, 3.8) is 0 Å². The zero-order chi connectivity index (χ0) is 9.42. The topological polar surface area (TPSA) is 3.24 Å². The lowest BCUT2D eigenvalue weighted by atomic mass is 10.0. The molecule has 0 aromatic heterocycles. The second-order valence-electron chi connectivity index (χ2n) is 3.72. The van der Waals surface area contributed by atoms with Crippen molar-refractivity contribution in [2.45, 2.75) is 26.3 Å². The van der Waals surface area contributed by atoms with Crippen LogP contribution >= 0.6 is 22.6 Å². The van der Waals surface area contributed by atoms with Gasteiger partial charge in [0.2, 0.25) is 0 Å². The van der Waals surface area contributed by atoms with Gasteiger partial charge in [-0.2, -0.15) is 0 Å². The fourth-order valence-corrected chi connectivity index (χ4v) is 2.27. The average molecular weight is 287 g/mol. The van der Waals surface area contributed by atoms with Crippen LogP contribution in [0.2, 0.25) is 0 Å². The number of rotatable bonds is 1. The van der Waals surface area contributed by atoms with Gasteiger partial charge in [-0.15, -0.1) is 0 Å². The molecule has 0 N–H and O–H groups in total. The van der Waals surface area contributed by atoms with E-state index in [2.05, 4.69) is 59.5 Å². The molecular formula is C11H14IN. The number of hydrogen-bond acceptors (Lipinski definition) is 1. The highest BCUT2D eigenvalue weighted by Crippen LogP contribution is 2.30. The lowest BCUT2D eigenvalue weighted by molar-refractivity contribution is 0.480. The van der Waals surface area contributed by atoms with Gasteiger partial charge in [0, 0.05) is 21.8 Å². The van der Waals surface area contributed by atoms with Crippen molar-refractivity contribution < 1.29 is 0 Å².